The topological polar surface area (TPSA) is 72.4 Å². The van der Waals surface area contributed by atoms with Gasteiger partial charge in [0, 0.05) is 31.9 Å². The average molecular weight is 431 g/mol. The second-order valence-electron chi connectivity index (χ2n) is 7.47. The van der Waals surface area contributed by atoms with Crippen molar-refractivity contribution in [2.24, 2.45) is 0 Å². The number of H-pyrrole nitrogens is 1. The van der Waals surface area contributed by atoms with Crippen molar-refractivity contribution in [1.29, 1.82) is 0 Å². The summed E-state index contributed by atoms with van der Waals surface area (Å²) in [5.74, 6) is 1.34. The predicted octanol–water partition coefficient (Wildman–Crippen LogP) is 4.01. The van der Waals surface area contributed by atoms with Crippen LogP contribution in [0.1, 0.15) is 38.3 Å². The highest BCUT2D eigenvalue weighted by molar-refractivity contribution is 6.33. The van der Waals surface area contributed by atoms with Gasteiger partial charge in [0.2, 0.25) is 0 Å². The van der Waals surface area contributed by atoms with Gasteiger partial charge in [-0.3, -0.25) is 9.69 Å². The van der Waals surface area contributed by atoms with Crippen LogP contribution >= 0.6 is 11.6 Å². The Bertz CT molecular complexity index is 1040. The number of aromatic nitrogens is 3. The van der Waals surface area contributed by atoms with E-state index in [4.69, 9.17) is 21.1 Å². The minimum Gasteiger partial charge on any atom is -0.492 e. The van der Waals surface area contributed by atoms with Gasteiger partial charge in [-0.2, -0.15) is 0 Å². The van der Waals surface area contributed by atoms with Crippen molar-refractivity contribution in [3.8, 4) is 11.5 Å². The van der Waals surface area contributed by atoms with E-state index < -0.39 is 0 Å². The van der Waals surface area contributed by atoms with Crippen LogP contribution in [0.3, 0.4) is 0 Å². The van der Waals surface area contributed by atoms with Crippen LogP contribution in [0, 0.1) is 0 Å². The highest BCUT2D eigenvalue weighted by Crippen LogP contribution is 2.36. The summed E-state index contributed by atoms with van der Waals surface area (Å²) in [6.07, 6.45) is 5.48. The van der Waals surface area contributed by atoms with E-state index in [1.165, 1.54) is 0 Å². The summed E-state index contributed by atoms with van der Waals surface area (Å²) in [5, 5.41) is 0.531. The Hall–Kier alpha value is -2.51. The van der Waals surface area contributed by atoms with Crippen molar-refractivity contribution < 1.29 is 9.47 Å². The maximum absolute atomic E-state index is 11.9. The molecule has 4 rings (SSSR count). The molecule has 0 radical (unpaired) electrons. The molecule has 0 unspecified atom stereocenters. The zero-order valence-electron chi connectivity index (χ0n) is 17.4. The van der Waals surface area contributed by atoms with Crippen molar-refractivity contribution in [1.82, 2.24) is 19.4 Å². The fraction of sp³-hybridized carbons (Fsp3) is 0.455. The molecule has 1 aliphatic heterocycles. The van der Waals surface area contributed by atoms with Crippen LogP contribution in [-0.4, -0.2) is 45.7 Å². The highest BCUT2D eigenvalue weighted by Gasteiger charge is 2.23. The van der Waals surface area contributed by atoms with Gasteiger partial charge in [0.1, 0.15) is 16.5 Å². The number of ether oxygens (including phenoxy) is 2. The number of pyridine rings is 1. The zero-order valence-corrected chi connectivity index (χ0v) is 18.1. The summed E-state index contributed by atoms with van der Waals surface area (Å²) in [6, 6.07) is 6.29. The van der Waals surface area contributed by atoms with Gasteiger partial charge in [-0.25, -0.2) is 4.98 Å². The van der Waals surface area contributed by atoms with Crippen molar-refractivity contribution in [3.63, 3.8) is 0 Å². The van der Waals surface area contributed by atoms with Crippen LogP contribution in [0.5, 0.6) is 11.5 Å². The molecule has 3 heterocycles. The molecule has 1 fully saturated rings. The van der Waals surface area contributed by atoms with Crippen molar-refractivity contribution in [3.05, 3.63) is 51.7 Å². The lowest BCUT2D eigenvalue weighted by atomic mass is 10.0. The molecule has 8 heteroatoms. The molecule has 1 saturated heterocycles. The predicted molar refractivity (Wildman–Crippen MR) is 118 cm³/mol. The number of rotatable bonds is 7. The number of aromatic amines is 1. The molecule has 0 amide bonds. The Kier molecular flexibility index (Phi) is 6.29. The number of piperidine rings is 1. The number of nitrogens with zero attached hydrogens (tertiary/aromatic N) is 3. The Labute approximate surface area is 180 Å². The molecule has 0 saturated carbocycles. The zero-order chi connectivity index (χ0) is 21.1. The molecule has 0 aliphatic carbocycles. The molecule has 2 aromatic heterocycles. The van der Waals surface area contributed by atoms with E-state index in [0.29, 0.717) is 41.3 Å². The first-order valence-corrected chi connectivity index (χ1v) is 10.8. The summed E-state index contributed by atoms with van der Waals surface area (Å²) in [6.45, 7) is 7.75. The first-order valence-electron chi connectivity index (χ1n) is 10.4. The third-order valence-electron chi connectivity index (χ3n) is 5.52. The van der Waals surface area contributed by atoms with Crippen LogP contribution in [0.15, 0.2) is 35.5 Å². The molecule has 1 aromatic carbocycles. The number of hydrogen-bond acceptors (Lipinski definition) is 5. The highest BCUT2D eigenvalue weighted by atomic mass is 35.5. The van der Waals surface area contributed by atoms with E-state index in [0.717, 1.165) is 43.6 Å². The summed E-state index contributed by atoms with van der Waals surface area (Å²) in [4.78, 5) is 21.4. The van der Waals surface area contributed by atoms with Crippen LogP contribution in [0.4, 0.5) is 0 Å². The third-order valence-corrected chi connectivity index (χ3v) is 5.90. The fourth-order valence-electron chi connectivity index (χ4n) is 4.12. The minimum absolute atomic E-state index is 0.137. The molecule has 7 nitrogen and oxygen atoms in total. The number of imidazole rings is 1. The lowest BCUT2D eigenvalue weighted by Crippen LogP contribution is -2.34. The second kappa shape index (κ2) is 9.10. The first-order chi connectivity index (χ1) is 14.6. The monoisotopic (exact) mass is 430 g/mol. The standard InChI is InChI=1S/C22H27ClN4O3/c1-3-29-18-11-15(12-19(20(18)23)30-4-2)13-26-9-6-16(7-10-26)27-14-25-21-17(27)5-8-24-22(21)28/h5,8,11-12,14,16H,3-4,6-7,9-10,13H2,1-2H3,(H,24,28). The van der Waals surface area contributed by atoms with Gasteiger partial charge in [-0.05, 0) is 50.5 Å². The number of fused-ring (bicyclic) bond motifs is 1. The Morgan fingerprint density at radius 1 is 1.17 bits per heavy atom. The minimum atomic E-state index is -0.137. The van der Waals surface area contributed by atoms with Crippen LogP contribution < -0.4 is 15.0 Å². The van der Waals surface area contributed by atoms with Crippen molar-refractivity contribution in [2.45, 2.75) is 39.3 Å². The van der Waals surface area contributed by atoms with E-state index in [-0.39, 0.29) is 5.56 Å². The molecule has 160 valence electrons. The van der Waals surface area contributed by atoms with Crippen molar-refractivity contribution >= 4 is 22.6 Å². The Morgan fingerprint density at radius 2 is 1.83 bits per heavy atom. The van der Waals surface area contributed by atoms with Gasteiger partial charge in [-0.1, -0.05) is 11.6 Å². The van der Waals surface area contributed by atoms with Gasteiger partial charge in [0.15, 0.2) is 5.52 Å². The van der Waals surface area contributed by atoms with Gasteiger partial charge >= 0.3 is 0 Å². The number of halogens is 1. The first kappa shape index (κ1) is 20.8. The van der Waals surface area contributed by atoms with E-state index in [2.05, 4.69) is 19.4 Å². The van der Waals surface area contributed by atoms with Crippen molar-refractivity contribution in [2.75, 3.05) is 26.3 Å². The van der Waals surface area contributed by atoms with Gasteiger partial charge in [0.05, 0.1) is 25.1 Å². The summed E-state index contributed by atoms with van der Waals surface area (Å²) >= 11 is 6.42. The van der Waals surface area contributed by atoms with Gasteiger partial charge in [0.25, 0.3) is 5.56 Å². The van der Waals surface area contributed by atoms with Gasteiger partial charge in [-0.15, -0.1) is 0 Å². The molecule has 1 aliphatic rings. The lowest BCUT2D eigenvalue weighted by Gasteiger charge is -2.33. The summed E-state index contributed by atoms with van der Waals surface area (Å²) in [5.41, 5.74) is 2.40. The smallest absolute Gasteiger partial charge is 0.276 e. The largest absolute Gasteiger partial charge is 0.492 e. The SMILES string of the molecule is CCOc1cc(CN2CCC(n3cnc4c(=O)[nH]ccc43)CC2)cc(OCC)c1Cl. The number of likely N-dealkylation sites (tertiary alicyclic amines) is 1. The Morgan fingerprint density at radius 3 is 2.47 bits per heavy atom. The summed E-state index contributed by atoms with van der Waals surface area (Å²) in [7, 11) is 0. The van der Waals surface area contributed by atoms with Gasteiger partial charge < -0.3 is 19.0 Å². The third kappa shape index (κ3) is 4.18. The Balaban J connectivity index is 1.46. The number of benzene rings is 1. The second-order valence-corrected chi connectivity index (χ2v) is 7.85. The molecular weight excluding hydrogens is 404 g/mol. The van der Waals surface area contributed by atoms with E-state index in [1.807, 2.05) is 32.0 Å². The maximum Gasteiger partial charge on any atom is 0.276 e. The summed E-state index contributed by atoms with van der Waals surface area (Å²) < 4.78 is 13.5. The maximum atomic E-state index is 11.9. The lowest BCUT2D eigenvalue weighted by molar-refractivity contribution is 0.181. The molecule has 30 heavy (non-hydrogen) atoms. The fourth-order valence-corrected chi connectivity index (χ4v) is 4.34. The van der Waals surface area contributed by atoms with E-state index in [1.54, 1.807) is 12.5 Å². The average Bonchev–Trinajstić information content (AvgIpc) is 3.18. The van der Waals surface area contributed by atoms with E-state index in [9.17, 15) is 4.79 Å². The molecule has 1 N–H and O–H groups in total. The molecule has 0 spiro atoms. The van der Waals surface area contributed by atoms with Crippen LogP contribution in [0.2, 0.25) is 5.02 Å². The molecule has 3 aromatic rings. The number of hydrogen-bond donors (Lipinski definition) is 1. The normalized spacial score (nSPS) is 15.6. The van der Waals surface area contributed by atoms with Crippen LogP contribution in [-0.2, 0) is 6.54 Å². The number of nitrogens with one attached hydrogen (secondary N) is 1. The van der Waals surface area contributed by atoms with Crippen LogP contribution in [0.25, 0.3) is 11.0 Å². The molecule has 0 bridgehead atoms. The quantitative estimate of drug-likeness (QED) is 0.613. The molecule has 0 atom stereocenters. The molecular formula is C22H27ClN4O3. The van der Waals surface area contributed by atoms with E-state index >= 15 is 0 Å².